The molecule has 0 spiro atoms. The van der Waals surface area contributed by atoms with E-state index >= 15 is 0 Å². The van der Waals surface area contributed by atoms with Gasteiger partial charge in [-0.1, -0.05) is 34.8 Å². The lowest BCUT2D eigenvalue weighted by atomic mass is 10.1. The molecule has 27 heavy (non-hydrogen) atoms. The van der Waals surface area contributed by atoms with Crippen LogP contribution in [0.4, 0.5) is 17.3 Å². The van der Waals surface area contributed by atoms with E-state index in [0.717, 1.165) is 19.4 Å². The highest BCUT2D eigenvalue weighted by Crippen LogP contribution is 2.29. The summed E-state index contributed by atoms with van der Waals surface area (Å²) in [6.07, 6.45) is 3.17. The first kappa shape index (κ1) is 19.8. The van der Waals surface area contributed by atoms with Gasteiger partial charge in [-0.05, 0) is 31.0 Å². The van der Waals surface area contributed by atoms with Gasteiger partial charge in [0.1, 0.15) is 17.2 Å². The predicted octanol–water partition coefficient (Wildman–Crippen LogP) is 3.22. The highest BCUT2D eigenvalue weighted by Gasteiger charge is 2.24. The van der Waals surface area contributed by atoms with Crippen LogP contribution in [0, 0.1) is 0 Å². The maximum Gasteiger partial charge on any atom is 0.239 e. The second kappa shape index (κ2) is 8.82. The molecule has 144 valence electrons. The third kappa shape index (κ3) is 5.28. The number of nitrogens with zero attached hydrogens (tertiary/aromatic N) is 3. The van der Waals surface area contributed by atoms with Crippen molar-refractivity contribution in [2.24, 2.45) is 0 Å². The molecule has 1 aliphatic heterocycles. The van der Waals surface area contributed by atoms with Crippen molar-refractivity contribution in [3.63, 3.8) is 0 Å². The molecule has 3 rings (SSSR count). The summed E-state index contributed by atoms with van der Waals surface area (Å²) in [6.45, 7) is 1.51. The van der Waals surface area contributed by atoms with Crippen LogP contribution < -0.4 is 21.3 Å². The van der Waals surface area contributed by atoms with E-state index in [1.807, 2.05) is 4.90 Å². The summed E-state index contributed by atoms with van der Waals surface area (Å²) in [5.41, 5.74) is 6.44. The molecule has 0 bridgehead atoms. The van der Waals surface area contributed by atoms with Crippen molar-refractivity contribution in [3.8, 4) is 0 Å². The van der Waals surface area contributed by atoms with E-state index in [4.69, 9.17) is 40.5 Å². The van der Waals surface area contributed by atoms with Crippen molar-refractivity contribution in [1.82, 2.24) is 15.3 Å². The topological polar surface area (TPSA) is 96.2 Å². The van der Waals surface area contributed by atoms with Crippen LogP contribution in [0.2, 0.25) is 15.1 Å². The molecule has 1 atom stereocenters. The summed E-state index contributed by atoms with van der Waals surface area (Å²) in [4.78, 5) is 22.4. The monoisotopic (exact) mass is 428 g/mol. The van der Waals surface area contributed by atoms with Gasteiger partial charge in [-0.2, -0.15) is 0 Å². The smallest absolute Gasteiger partial charge is 0.239 e. The van der Waals surface area contributed by atoms with E-state index in [0.29, 0.717) is 33.1 Å². The van der Waals surface area contributed by atoms with Crippen LogP contribution in [0.5, 0.6) is 0 Å². The molecule has 1 amide bonds. The number of nitrogens with one attached hydrogen (secondary N) is 2. The molecule has 0 saturated carbocycles. The van der Waals surface area contributed by atoms with E-state index in [2.05, 4.69) is 20.6 Å². The molecule has 10 heteroatoms. The Morgan fingerprint density at radius 1 is 1.22 bits per heavy atom. The lowest BCUT2D eigenvalue weighted by Crippen LogP contribution is -2.49. The van der Waals surface area contributed by atoms with Crippen LogP contribution in [0.25, 0.3) is 0 Å². The van der Waals surface area contributed by atoms with Crippen molar-refractivity contribution in [1.29, 1.82) is 0 Å². The van der Waals surface area contributed by atoms with Crippen molar-refractivity contribution in [2.75, 3.05) is 35.6 Å². The van der Waals surface area contributed by atoms with Gasteiger partial charge >= 0.3 is 0 Å². The summed E-state index contributed by atoms with van der Waals surface area (Å²) in [5.74, 6) is 0.721. The minimum atomic E-state index is -0.119. The number of piperidine rings is 1. The van der Waals surface area contributed by atoms with E-state index < -0.39 is 0 Å². The molecule has 1 fully saturated rings. The molecule has 1 aromatic carbocycles. The number of anilines is 3. The fourth-order valence-corrected chi connectivity index (χ4v) is 3.74. The number of rotatable bonds is 5. The molecule has 0 unspecified atom stereocenters. The number of halogens is 3. The van der Waals surface area contributed by atoms with Gasteiger partial charge in [0.2, 0.25) is 5.91 Å². The number of carbonyl (C=O) groups is 1. The standard InChI is InChI=1S/C17H19Cl3N6O/c18-10-4-11(19)6-13(5-10)22-7-14(27)25-12-2-1-3-26(8-12)17-15(20)16(21)23-9-24-17/h4-6,9,12,22H,1-3,7-8H2,(H,25,27)(H2,21,23,24)/t12-/m1/s1. The SMILES string of the molecule is Nc1ncnc(N2CCC[C@@H](NC(=O)CNc3cc(Cl)cc(Cl)c3)C2)c1Cl. The van der Waals surface area contributed by atoms with Crippen LogP contribution >= 0.6 is 34.8 Å². The van der Waals surface area contributed by atoms with E-state index in [-0.39, 0.29) is 24.3 Å². The van der Waals surface area contributed by atoms with Gasteiger partial charge in [0.05, 0.1) is 6.54 Å². The number of hydrogen-bond donors (Lipinski definition) is 3. The summed E-state index contributed by atoms with van der Waals surface area (Å²) < 4.78 is 0. The van der Waals surface area contributed by atoms with Gasteiger partial charge in [-0.3, -0.25) is 4.79 Å². The number of hydrogen-bond acceptors (Lipinski definition) is 6. The lowest BCUT2D eigenvalue weighted by Gasteiger charge is -2.34. The Morgan fingerprint density at radius 2 is 1.96 bits per heavy atom. The van der Waals surface area contributed by atoms with Gasteiger partial charge < -0.3 is 21.3 Å². The second-order valence-corrected chi connectivity index (χ2v) is 7.51. The largest absolute Gasteiger partial charge is 0.382 e. The fourth-order valence-electron chi connectivity index (χ4n) is 3.00. The van der Waals surface area contributed by atoms with Crippen LogP contribution in [-0.2, 0) is 4.79 Å². The van der Waals surface area contributed by atoms with E-state index in [9.17, 15) is 4.79 Å². The Hall–Kier alpha value is -1.96. The number of amides is 1. The highest BCUT2D eigenvalue weighted by atomic mass is 35.5. The fraction of sp³-hybridized carbons (Fsp3) is 0.353. The molecule has 1 aromatic heterocycles. The molecule has 0 aliphatic carbocycles. The number of aromatic nitrogens is 2. The molecule has 4 N–H and O–H groups in total. The Morgan fingerprint density at radius 3 is 2.70 bits per heavy atom. The van der Waals surface area contributed by atoms with Crippen LogP contribution in [-0.4, -0.2) is 41.6 Å². The Balaban J connectivity index is 1.55. The number of benzene rings is 1. The summed E-state index contributed by atoms with van der Waals surface area (Å²) in [7, 11) is 0. The second-order valence-electron chi connectivity index (χ2n) is 6.26. The number of nitrogen functional groups attached to an aromatic ring is 1. The third-order valence-corrected chi connectivity index (χ3v) is 5.00. The minimum Gasteiger partial charge on any atom is -0.382 e. The number of nitrogens with two attached hydrogens (primary N) is 1. The molecule has 2 aromatic rings. The Bertz CT molecular complexity index is 814. The van der Waals surface area contributed by atoms with E-state index in [1.54, 1.807) is 18.2 Å². The minimum absolute atomic E-state index is 0.0109. The number of carbonyl (C=O) groups excluding carboxylic acids is 1. The maximum atomic E-state index is 12.3. The zero-order chi connectivity index (χ0) is 19.4. The van der Waals surface area contributed by atoms with Gasteiger partial charge in [0, 0.05) is 34.9 Å². The van der Waals surface area contributed by atoms with Crippen molar-refractivity contribution < 1.29 is 4.79 Å². The molecule has 2 heterocycles. The van der Waals surface area contributed by atoms with Crippen molar-refractivity contribution in [2.45, 2.75) is 18.9 Å². The van der Waals surface area contributed by atoms with Gasteiger partial charge in [-0.25, -0.2) is 9.97 Å². The molecular formula is C17H19Cl3N6O. The molecule has 0 radical (unpaired) electrons. The summed E-state index contributed by atoms with van der Waals surface area (Å²) in [5, 5.41) is 7.40. The van der Waals surface area contributed by atoms with Gasteiger partial charge in [-0.15, -0.1) is 0 Å². The molecule has 1 saturated heterocycles. The van der Waals surface area contributed by atoms with Crippen molar-refractivity contribution >= 4 is 58.0 Å². The first-order valence-corrected chi connectivity index (χ1v) is 9.56. The first-order chi connectivity index (χ1) is 12.9. The van der Waals surface area contributed by atoms with Crippen LogP contribution in [0.3, 0.4) is 0 Å². The average Bonchev–Trinajstić information content (AvgIpc) is 2.62. The summed E-state index contributed by atoms with van der Waals surface area (Å²) >= 11 is 18.1. The summed E-state index contributed by atoms with van der Waals surface area (Å²) in [6, 6.07) is 5.05. The maximum absolute atomic E-state index is 12.3. The molecule has 1 aliphatic rings. The van der Waals surface area contributed by atoms with Crippen LogP contribution in [0.1, 0.15) is 12.8 Å². The van der Waals surface area contributed by atoms with E-state index in [1.165, 1.54) is 6.33 Å². The first-order valence-electron chi connectivity index (χ1n) is 8.42. The zero-order valence-corrected chi connectivity index (χ0v) is 16.7. The predicted molar refractivity (Wildman–Crippen MR) is 110 cm³/mol. The average molecular weight is 430 g/mol. The third-order valence-electron chi connectivity index (χ3n) is 4.20. The van der Waals surface area contributed by atoms with Gasteiger partial charge in [0.15, 0.2) is 5.82 Å². The normalized spacial score (nSPS) is 16.9. The Labute approximate surface area is 172 Å². The van der Waals surface area contributed by atoms with Crippen LogP contribution in [0.15, 0.2) is 24.5 Å². The highest BCUT2D eigenvalue weighted by molar-refractivity contribution is 6.35. The lowest BCUT2D eigenvalue weighted by molar-refractivity contribution is -0.120. The molecule has 7 nitrogen and oxygen atoms in total. The molecular weight excluding hydrogens is 411 g/mol. The van der Waals surface area contributed by atoms with Crippen molar-refractivity contribution in [3.05, 3.63) is 39.6 Å². The Kier molecular flexibility index (Phi) is 6.46. The quantitative estimate of drug-likeness (QED) is 0.675. The zero-order valence-electron chi connectivity index (χ0n) is 14.4. The van der Waals surface area contributed by atoms with Gasteiger partial charge in [0.25, 0.3) is 0 Å².